The second kappa shape index (κ2) is 4.86. The summed E-state index contributed by atoms with van der Waals surface area (Å²) in [4.78, 5) is 11.5. The number of aryl methyl sites for hydroxylation is 1. The predicted octanol–water partition coefficient (Wildman–Crippen LogP) is 1.73. The number of nitrogens with two attached hydrogens (primary N) is 1. The van der Waals surface area contributed by atoms with Crippen molar-refractivity contribution in [1.82, 2.24) is 0 Å². The zero-order valence-corrected chi connectivity index (χ0v) is 8.16. The first kappa shape index (κ1) is 10.9. The number of hydrogen-bond acceptors (Lipinski definition) is 2. The fraction of sp³-hybridized carbons (Fsp3) is 0.364. The summed E-state index contributed by atoms with van der Waals surface area (Å²) in [5, 5.41) is 0. The Kier molecular flexibility index (Phi) is 3.77. The van der Waals surface area contributed by atoms with Crippen LogP contribution in [0.3, 0.4) is 0 Å². The Morgan fingerprint density at radius 3 is 2.86 bits per heavy atom. The molecule has 0 saturated heterocycles. The molecule has 1 atom stereocenters. The Balaban J connectivity index is 2.88. The molecular weight excluding hydrogens is 181 g/mol. The standard InChI is InChI=1S/C11H14FNO/c1-8(13)11(14)10-4-2-3-9(7-10)5-6-12/h2-4,7-8H,5-6,13H2,1H3. The predicted molar refractivity (Wildman–Crippen MR) is 54.1 cm³/mol. The van der Waals surface area contributed by atoms with E-state index in [1.165, 1.54) is 0 Å². The lowest BCUT2D eigenvalue weighted by Crippen LogP contribution is -2.26. The van der Waals surface area contributed by atoms with E-state index in [9.17, 15) is 9.18 Å². The molecule has 0 bridgehead atoms. The molecule has 76 valence electrons. The fourth-order valence-corrected chi connectivity index (χ4v) is 1.25. The molecule has 3 heteroatoms. The zero-order valence-electron chi connectivity index (χ0n) is 8.16. The molecule has 1 aromatic carbocycles. The van der Waals surface area contributed by atoms with Crippen molar-refractivity contribution in [3.63, 3.8) is 0 Å². The Morgan fingerprint density at radius 2 is 2.29 bits per heavy atom. The highest BCUT2D eigenvalue weighted by molar-refractivity contribution is 5.99. The summed E-state index contributed by atoms with van der Waals surface area (Å²) in [7, 11) is 0. The Morgan fingerprint density at radius 1 is 1.57 bits per heavy atom. The third-order valence-electron chi connectivity index (χ3n) is 2.01. The SMILES string of the molecule is CC(N)C(=O)c1cccc(CCF)c1. The first-order valence-electron chi connectivity index (χ1n) is 4.60. The van der Waals surface area contributed by atoms with Crippen LogP contribution in [0.4, 0.5) is 4.39 Å². The molecule has 0 saturated carbocycles. The van der Waals surface area contributed by atoms with Gasteiger partial charge in [0.1, 0.15) is 0 Å². The lowest BCUT2D eigenvalue weighted by Gasteiger charge is -2.05. The van der Waals surface area contributed by atoms with Gasteiger partial charge in [-0.2, -0.15) is 0 Å². The molecule has 0 aliphatic rings. The average Bonchev–Trinajstić information content (AvgIpc) is 2.17. The van der Waals surface area contributed by atoms with Crippen LogP contribution >= 0.6 is 0 Å². The maximum Gasteiger partial charge on any atom is 0.179 e. The third-order valence-corrected chi connectivity index (χ3v) is 2.01. The molecule has 0 aliphatic heterocycles. The fourth-order valence-electron chi connectivity index (χ4n) is 1.25. The van der Waals surface area contributed by atoms with Crippen LogP contribution in [0.5, 0.6) is 0 Å². The molecule has 1 unspecified atom stereocenters. The van der Waals surface area contributed by atoms with Gasteiger partial charge in [-0.05, 0) is 18.6 Å². The van der Waals surface area contributed by atoms with Gasteiger partial charge < -0.3 is 5.73 Å². The molecule has 1 rings (SSSR count). The minimum absolute atomic E-state index is 0.106. The smallest absolute Gasteiger partial charge is 0.179 e. The number of carbonyl (C=O) groups excluding carboxylic acids is 1. The Hall–Kier alpha value is -1.22. The van der Waals surface area contributed by atoms with Gasteiger partial charge in [-0.3, -0.25) is 9.18 Å². The van der Waals surface area contributed by atoms with E-state index in [4.69, 9.17) is 5.73 Å². The molecule has 0 fully saturated rings. The molecule has 0 amide bonds. The van der Waals surface area contributed by atoms with E-state index in [1.807, 2.05) is 0 Å². The topological polar surface area (TPSA) is 43.1 Å². The summed E-state index contributed by atoms with van der Waals surface area (Å²) in [6.07, 6.45) is 0.347. The number of rotatable bonds is 4. The first-order chi connectivity index (χ1) is 6.65. The van der Waals surface area contributed by atoms with Crippen LogP contribution in [0.25, 0.3) is 0 Å². The van der Waals surface area contributed by atoms with E-state index in [2.05, 4.69) is 0 Å². The van der Waals surface area contributed by atoms with Crippen LogP contribution < -0.4 is 5.73 Å². The molecule has 2 N–H and O–H groups in total. The van der Waals surface area contributed by atoms with Crippen molar-refractivity contribution >= 4 is 5.78 Å². The number of halogens is 1. The second-order valence-corrected chi connectivity index (χ2v) is 3.29. The van der Waals surface area contributed by atoms with E-state index < -0.39 is 12.7 Å². The lowest BCUT2D eigenvalue weighted by molar-refractivity contribution is 0.0968. The van der Waals surface area contributed by atoms with E-state index in [0.29, 0.717) is 12.0 Å². The highest BCUT2D eigenvalue weighted by Crippen LogP contribution is 2.08. The van der Waals surface area contributed by atoms with Crippen molar-refractivity contribution in [2.75, 3.05) is 6.67 Å². The molecule has 1 aromatic rings. The van der Waals surface area contributed by atoms with Crippen LogP contribution in [-0.4, -0.2) is 18.5 Å². The van der Waals surface area contributed by atoms with Crippen LogP contribution in [0.2, 0.25) is 0 Å². The number of alkyl halides is 1. The number of hydrogen-bond donors (Lipinski definition) is 1. The van der Waals surface area contributed by atoms with Gasteiger partial charge in [0.05, 0.1) is 12.7 Å². The minimum atomic E-state index is -0.504. The number of Topliss-reactive ketones (excluding diaryl/α,β-unsaturated/α-hetero) is 1. The molecule has 0 aromatic heterocycles. The van der Waals surface area contributed by atoms with Gasteiger partial charge in [0, 0.05) is 12.0 Å². The van der Waals surface area contributed by atoms with Crippen molar-refractivity contribution in [3.05, 3.63) is 35.4 Å². The van der Waals surface area contributed by atoms with Gasteiger partial charge >= 0.3 is 0 Å². The normalized spacial score (nSPS) is 12.5. The molecule has 0 aliphatic carbocycles. The molecule has 0 spiro atoms. The summed E-state index contributed by atoms with van der Waals surface area (Å²) in [5.74, 6) is -0.106. The Bertz CT molecular complexity index is 323. The molecule has 0 radical (unpaired) electrons. The molecular formula is C11H14FNO. The van der Waals surface area contributed by atoms with Crippen molar-refractivity contribution < 1.29 is 9.18 Å². The summed E-state index contributed by atoms with van der Waals surface area (Å²) < 4.78 is 12.1. The van der Waals surface area contributed by atoms with Crippen LogP contribution in [0, 0.1) is 0 Å². The van der Waals surface area contributed by atoms with Gasteiger partial charge in [-0.15, -0.1) is 0 Å². The maximum atomic E-state index is 12.1. The van der Waals surface area contributed by atoms with Gasteiger partial charge in [-0.1, -0.05) is 18.2 Å². The average molecular weight is 195 g/mol. The van der Waals surface area contributed by atoms with Crippen molar-refractivity contribution in [2.45, 2.75) is 19.4 Å². The van der Waals surface area contributed by atoms with E-state index in [0.717, 1.165) is 5.56 Å². The largest absolute Gasteiger partial charge is 0.321 e. The monoisotopic (exact) mass is 195 g/mol. The molecule has 14 heavy (non-hydrogen) atoms. The molecule has 2 nitrogen and oxygen atoms in total. The first-order valence-corrected chi connectivity index (χ1v) is 4.60. The lowest BCUT2D eigenvalue weighted by atomic mass is 10.0. The van der Waals surface area contributed by atoms with E-state index in [1.54, 1.807) is 31.2 Å². The zero-order chi connectivity index (χ0) is 10.6. The van der Waals surface area contributed by atoms with E-state index >= 15 is 0 Å². The number of ketones is 1. The summed E-state index contributed by atoms with van der Waals surface area (Å²) in [6.45, 7) is 1.24. The Labute approximate surface area is 82.9 Å². The van der Waals surface area contributed by atoms with Gasteiger partial charge in [0.15, 0.2) is 5.78 Å². The van der Waals surface area contributed by atoms with Gasteiger partial charge in [0.2, 0.25) is 0 Å². The summed E-state index contributed by atoms with van der Waals surface area (Å²) in [5.41, 5.74) is 6.86. The van der Waals surface area contributed by atoms with Crippen molar-refractivity contribution in [1.29, 1.82) is 0 Å². The van der Waals surface area contributed by atoms with Crippen molar-refractivity contribution in [3.8, 4) is 0 Å². The third kappa shape index (κ3) is 2.64. The van der Waals surface area contributed by atoms with Gasteiger partial charge in [-0.25, -0.2) is 0 Å². The summed E-state index contributed by atoms with van der Waals surface area (Å²) in [6, 6.07) is 6.45. The van der Waals surface area contributed by atoms with Gasteiger partial charge in [0.25, 0.3) is 0 Å². The number of carbonyl (C=O) groups is 1. The highest BCUT2D eigenvalue weighted by atomic mass is 19.1. The van der Waals surface area contributed by atoms with Crippen molar-refractivity contribution in [2.24, 2.45) is 5.73 Å². The van der Waals surface area contributed by atoms with E-state index in [-0.39, 0.29) is 5.78 Å². The summed E-state index contributed by atoms with van der Waals surface area (Å²) >= 11 is 0. The highest BCUT2D eigenvalue weighted by Gasteiger charge is 2.10. The quantitative estimate of drug-likeness (QED) is 0.743. The number of benzene rings is 1. The second-order valence-electron chi connectivity index (χ2n) is 3.29. The minimum Gasteiger partial charge on any atom is -0.321 e. The van der Waals surface area contributed by atoms with Crippen LogP contribution in [0.15, 0.2) is 24.3 Å². The maximum absolute atomic E-state index is 12.1. The van der Waals surface area contributed by atoms with Crippen LogP contribution in [0.1, 0.15) is 22.8 Å². The van der Waals surface area contributed by atoms with Crippen LogP contribution in [-0.2, 0) is 6.42 Å². The molecule has 0 heterocycles.